The lowest BCUT2D eigenvalue weighted by Gasteiger charge is -2.02. The van der Waals surface area contributed by atoms with Gasteiger partial charge in [0.05, 0.1) is 5.71 Å². The van der Waals surface area contributed by atoms with Crippen molar-refractivity contribution >= 4 is 17.5 Å². The standard InChI is InChI=1S/C10H15NS/c1-5-7(2)10-9(11-4)6-8(3)12-10/h6H,5H2,1-4H3/b10-7+,11-9?. The Hall–Kier alpha value is -0.500. The van der Waals surface area contributed by atoms with Gasteiger partial charge in [0.25, 0.3) is 0 Å². The Morgan fingerprint density at radius 2 is 2.25 bits per heavy atom. The van der Waals surface area contributed by atoms with Crippen LogP contribution < -0.4 is 0 Å². The second-order valence-electron chi connectivity index (χ2n) is 2.93. The van der Waals surface area contributed by atoms with Gasteiger partial charge in [0.1, 0.15) is 0 Å². The fourth-order valence-electron chi connectivity index (χ4n) is 1.13. The zero-order chi connectivity index (χ0) is 9.14. The van der Waals surface area contributed by atoms with Crippen molar-refractivity contribution in [1.29, 1.82) is 0 Å². The molecule has 0 fully saturated rings. The summed E-state index contributed by atoms with van der Waals surface area (Å²) in [6, 6.07) is 0. The topological polar surface area (TPSA) is 12.4 Å². The normalized spacial score (nSPS) is 24.7. The number of nitrogens with zero attached hydrogens (tertiary/aromatic N) is 1. The third-order valence-corrected chi connectivity index (χ3v) is 3.20. The molecule has 0 bridgehead atoms. The summed E-state index contributed by atoms with van der Waals surface area (Å²) in [6.07, 6.45) is 3.27. The van der Waals surface area contributed by atoms with E-state index in [1.807, 2.05) is 18.8 Å². The van der Waals surface area contributed by atoms with E-state index >= 15 is 0 Å². The monoisotopic (exact) mass is 181 g/mol. The highest BCUT2D eigenvalue weighted by Crippen LogP contribution is 2.36. The van der Waals surface area contributed by atoms with Crippen LogP contribution in [0.1, 0.15) is 27.2 Å². The van der Waals surface area contributed by atoms with Crippen molar-refractivity contribution in [2.45, 2.75) is 27.2 Å². The van der Waals surface area contributed by atoms with E-state index in [4.69, 9.17) is 0 Å². The van der Waals surface area contributed by atoms with Crippen LogP contribution in [0.15, 0.2) is 26.5 Å². The van der Waals surface area contributed by atoms with E-state index in [1.165, 1.54) is 15.4 Å². The fraction of sp³-hybridized carbons (Fsp3) is 0.500. The van der Waals surface area contributed by atoms with Crippen molar-refractivity contribution in [2.75, 3.05) is 7.05 Å². The van der Waals surface area contributed by atoms with E-state index in [2.05, 4.69) is 31.8 Å². The van der Waals surface area contributed by atoms with E-state index in [0.717, 1.165) is 12.1 Å². The Labute approximate surface area is 78.7 Å². The number of allylic oxidation sites excluding steroid dienone is 4. The summed E-state index contributed by atoms with van der Waals surface area (Å²) in [5, 5.41) is 0. The van der Waals surface area contributed by atoms with Crippen molar-refractivity contribution in [2.24, 2.45) is 4.99 Å². The Balaban J connectivity index is 3.00. The third-order valence-electron chi connectivity index (χ3n) is 1.99. The first-order chi connectivity index (χ1) is 5.69. The molecular formula is C10H15NS. The summed E-state index contributed by atoms with van der Waals surface area (Å²) < 4.78 is 0. The minimum Gasteiger partial charge on any atom is -0.287 e. The molecule has 1 aliphatic heterocycles. The summed E-state index contributed by atoms with van der Waals surface area (Å²) in [5.41, 5.74) is 2.59. The average molecular weight is 181 g/mol. The zero-order valence-electron chi connectivity index (χ0n) is 8.14. The molecule has 12 heavy (non-hydrogen) atoms. The molecule has 2 heteroatoms. The SMILES string of the molecule is CC/C(C)=C1/SC(C)=CC1=NC. The predicted octanol–water partition coefficient (Wildman–Crippen LogP) is 3.39. The van der Waals surface area contributed by atoms with Crippen LogP contribution in [-0.2, 0) is 0 Å². The zero-order valence-corrected chi connectivity index (χ0v) is 8.96. The number of hydrogen-bond donors (Lipinski definition) is 0. The molecular weight excluding hydrogens is 166 g/mol. The molecule has 1 heterocycles. The molecule has 1 nitrogen and oxygen atoms in total. The number of hydrogen-bond acceptors (Lipinski definition) is 2. The molecule has 0 spiro atoms. The Morgan fingerprint density at radius 3 is 2.75 bits per heavy atom. The van der Waals surface area contributed by atoms with Crippen LogP contribution in [-0.4, -0.2) is 12.8 Å². The predicted molar refractivity (Wildman–Crippen MR) is 57.7 cm³/mol. The van der Waals surface area contributed by atoms with Crippen molar-refractivity contribution < 1.29 is 0 Å². The highest BCUT2D eigenvalue weighted by molar-refractivity contribution is 8.08. The summed E-state index contributed by atoms with van der Waals surface area (Å²) in [4.78, 5) is 6.95. The van der Waals surface area contributed by atoms with Gasteiger partial charge in [-0.1, -0.05) is 24.3 Å². The van der Waals surface area contributed by atoms with E-state index in [9.17, 15) is 0 Å². The highest BCUT2D eigenvalue weighted by Gasteiger charge is 2.15. The van der Waals surface area contributed by atoms with Crippen molar-refractivity contribution in [3.63, 3.8) is 0 Å². The van der Waals surface area contributed by atoms with Crippen molar-refractivity contribution in [3.05, 3.63) is 21.5 Å². The van der Waals surface area contributed by atoms with E-state index in [-0.39, 0.29) is 0 Å². The summed E-state index contributed by atoms with van der Waals surface area (Å²) in [5.74, 6) is 0. The molecule has 0 saturated carbocycles. The molecule has 66 valence electrons. The van der Waals surface area contributed by atoms with Crippen molar-refractivity contribution in [3.8, 4) is 0 Å². The van der Waals surface area contributed by atoms with Gasteiger partial charge in [0.2, 0.25) is 0 Å². The molecule has 1 rings (SSSR count). The number of thioether (sulfide) groups is 1. The molecule has 0 radical (unpaired) electrons. The lowest BCUT2D eigenvalue weighted by molar-refractivity contribution is 1.10. The maximum Gasteiger partial charge on any atom is 0.0717 e. The Morgan fingerprint density at radius 1 is 1.58 bits per heavy atom. The first kappa shape index (κ1) is 9.59. The van der Waals surface area contributed by atoms with E-state index < -0.39 is 0 Å². The van der Waals surface area contributed by atoms with Gasteiger partial charge in [-0.25, -0.2) is 0 Å². The van der Waals surface area contributed by atoms with Crippen LogP contribution in [0.5, 0.6) is 0 Å². The molecule has 0 atom stereocenters. The molecule has 0 N–H and O–H groups in total. The Bertz CT molecular complexity index is 272. The summed E-state index contributed by atoms with van der Waals surface area (Å²) in [7, 11) is 1.86. The van der Waals surface area contributed by atoms with Crippen LogP contribution >= 0.6 is 11.8 Å². The smallest absolute Gasteiger partial charge is 0.0717 e. The summed E-state index contributed by atoms with van der Waals surface area (Å²) >= 11 is 1.84. The van der Waals surface area contributed by atoms with Crippen LogP contribution in [0.2, 0.25) is 0 Å². The Kier molecular flexibility index (Phi) is 3.15. The number of aliphatic imine (C=N–C) groups is 1. The molecule has 0 amide bonds. The van der Waals surface area contributed by atoms with Gasteiger partial charge < -0.3 is 0 Å². The van der Waals surface area contributed by atoms with Gasteiger partial charge in [-0.2, -0.15) is 0 Å². The quantitative estimate of drug-likeness (QED) is 0.604. The molecule has 0 aromatic carbocycles. The molecule has 0 aromatic rings. The maximum absolute atomic E-state index is 4.25. The molecule has 0 aliphatic carbocycles. The van der Waals surface area contributed by atoms with Crippen molar-refractivity contribution in [1.82, 2.24) is 0 Å². The van der Waals surface area contributed by atoms with Gasteiger partial charge in [0, 0.05) is 12.0 Å². The van der Waals surface area contributed by atoms with Gasteiger partial charge in [-0.05, 0) is 31.2 Å². The second-order valence-corrected chi connectivity index (χ2v) is 4.19. The minimum absolute atomic E-state index is 1.11. The first-order valence-corrected chi connectivity index (χ1v) is 5.03. The minimum atomic E-state index is 1.11. The highest BCUT2D eigenvalue weighted by atomic mass is 32.2. The van der Waals surface area contributed by atoms with Crippen LogP contribution in [0.25, 0.3) is 0 Å². The summed E-state index contributed by atoms with van der Waals surface area (Å²) in [6.45, 7) is 6.50. The number of rotatable bonds is 1. The van der Waals surface area contributed by atoms with Crippen LogP contribution in [0.4, 0.5) is 0 Å². The molecule has 0 aromatic heterocycles. The van der Waals surface area contributed by atoms with E-state index in [0.29, 0.717) is 0 Å². The van der Waals surface area contributed by atoms with E-state index in [1.54, 1.807) is 0 Å². The van der Waals surface area contributed by atoms with Crippen LogP contribution in [0, 0.1) is 0 Å². The lowest BCUT2D eigenvalue weighted by Crippen LogP contribution is -1.93. The maximum atomic E-state index is 4.25. The van der Waals surface area contributed by atoms with Gasteiger partial charge in [-0.3, -0.25) is 4.99 Å². The van der Waals surface area contributed by atoms with Crippen LogP contribution in [0.3, 0.4) is 0 Å². The van der Waals surface area contributed by atoms with Gasteiger partial charge in [-0.15, -0.1) is 0 Å². The second kappa shape index (κ2) is 3.94. The molecule has 0 unspecified atom stereocenters. The molecule has 0 saturated heterocycles. The largest absolute Gasteiger partial charge is 0.287 e. The molecule has 1 aliphatic rings. The average Bonchev–Trinajstić information content (AvgIpc) is 2.45. The lowest BCUT2D eigenvalue weighted by atomic mass is 10.2. The van der Waals surface area contributed by atoms with Gasteiger partial charge in [0.15, 0.2) is 0 Å². The third kappa shape index (κ3) is 1.81. The first-order valence-electron chi connectivity index (χ1n) is 4.22. The van der Waals surface area contributed by atoms with Gasteiger partial charge >= 0.3 is 0 Å². The fourth-order valence-corrected chi connectivity index (χ4v) is 2.20.